The van der Waals surface area contributed by atoms with Crippen LogP contribution in [-0.4, -0.2) is 15.3 Å². The van der Waals surface area contributed by atoms with Crippen molar-refractivity contribution in [3.63, 3.8) is 0 Å². The summed E-state index contributed by atoms with van der Waals surface area (Å²) in [6.45, 7) is 2.04. The zero-order valence-corrected chi connectivity index (χ0v) is 16.6. The number of hydrogen-bond donors (Lipinski definition) is 1. The Balaban J connectivity index is 1.59. The van der Waals surface area contributed by atoms with Crippen LogP contribution in [0.15, 0.2) is 66.9 Å². The first-order chi connectivity index (χ1) is 14.0. The summed E-state index contributed by atoms with van der Waals surface area (Å²) in [4.78, 5) is 17.2. The first kappa shape index (κ1) is 19.2. The van der Waals surface area contributed by atoms with Crippen molar-refractivity contribution in [2.24, 2.45) is 0 Å². The van der Waals surface area contributed by atoms with Gasteiger partial charge in [-0.3, -0.25) is 4.79 Å². The Hall–Kier alpha value is -3.18. The number of pyridine rings is 1. The first-order valence-electron chi connectivity index (χ1n) is 9.29. The van der Waals surface area contributed by atoms with Crippen molar-refractivity contribution in [2.75, 3.05) is 5.32 Å². The molecule has 0 atom stereocenters. The zero-order valence-electron chi connectivity index (χ0n) is 15.8. The second kappa shape index (κ2) is 8.05. The van der Waals surface area contributed by atoms with Crippen molar-refractivity contribution in [1.29, 1.82) is 0 Å². The first-order valence-corrected chi connectivity index (χ1v) is 9.67. The molecule has 0 unspecified atom stereocenters. The molecule has 1 amide bonds. The molecule has 6 heteroatoms. The van der Waals surface area contributed by atoms with Gasteiger partial charge in [-0.2, -0.15) is 0 Å². The van der Waals surface area contributed by atoms with E-state index in [1.165, 1.54) is 23.8 Å². The summed E-state index contributed by atoms with van der Waals surface area (Å²) in [6, 6.07) is 17.9. The Bertz CT molecular complexity index is 1180. The number of imidazole rings is 1. The van der Waals surface area contributed by atoms with E-state index >= 15 is 0 Å². The quantitative estimate of drug-likeness (QED) is 0.463. The topological polar surface area (TPSA) is 46.4 Å². The second-order valence-corrected chi connectivity index (χ2v) is 7.28. The van der Waals surface area contributed by atoms with Crippen molar-refractivity contribution in [3.8, 4) is 11.3 Å². The van der Waals surface area contributed by atoms with Crippen molar-refractivity contribution < 1.29 is 9.18 Å². The van der Waals surface area contributed by atoms with Crippen molar-refractivity contribution in [1.82, 2.24) is 9.38 Å². The number of carbonyl (C=O) groups is 1. The second-order valence-electron chi connectivity index (χ2n) is 6.87. The summed E-state index contributed by atoms with van der Waals surface area (Å²) >= 11 is 6.00. The fourth-order valence-electron chi connectivity index (χ4n) is 3.26. The van der Waals surface area contributed by atoms with Crippen LogP contribution in [0, 0.1) is 12.7 Å². The fraction of sp³-hybridized carbons (Fsp3) is 0.130. The molecule has 0 bridgehead atoms. The van der Waals surface area contributed by atoms with Crippen LogP contribution in [0.1, 0.15) is 17.7 Å². The van der Waals surface area contributed by atoms with Gasteiger partial charge in [0.25, 0.3) is 0 Å². The molecule has 29 heavy (non-hydrogen) atoms. The normalized spacial score (nSPS) is 11.0. The number of halogens is 2. The minimum Gasteiger partial charge on any atom is -0.325 e. The van der Waals surface area contributed by atoms with Gasteiger partial charge in [-0.05, 0) is 43.7 Å². The molecule has 0 saturated carbocycles. The van der Waals surface area contributed by atoms with Gasteiger partial charge in [0.2, 0.25) is 5.91 Å². The minimum absolute atomic E-state index is 0.175. The standard InChI is InChI=1S/C23H19ClFN3O/c1-15-5-7-16(8-6-15)23-20(28-13-3-2-4-21(28)27-23)11-12-22(29)26-19-10-9-17(25)14-18(19)24/h2-10,13-14H,11-12H2,1H3,(H,26,29). The van der Waals surface area contributed by atoms with Crippen molar-refractivity contribution >= 4 is 28.8 Å². The van der Waals surface area contributed by atoms with Crippen LogP contribution in [0.5, 0.6) is 0 Å². The largest absolute Gasteiger partial charge is 0.325 e. The number of nitrogens with one attached hydrogen (secondary N) is 1. The van der Waals surface area contributed by atoms with Gasteiger partial charge in [-0.1, -0.05) is 47.5 Å². The summed E-state index contributed by atoms with van der Waals surface area (Å²) in [5, 5.41) is 2.92. The lowest BCUT2D eigenvalue weighted by Crippen LogP contribution is -2.13. The van der Waals surface area contributed by atoms with Gasteiger partial charge >= 0.3 is 0 Å². The van der Waals surface area contributed by atoms with Crippen LogP contribution in [0.3, 0.4) is 0 Å². The predicted octanol–water partition coefficient (Wildman–Crippen LogP) is 5.67. The summed E-state index contributed by atoms with van der Waals surface area (Å²) in [7, 11) is 0. The molecule has 4 rings (SSSR count). The molecule has 0 radical (unpaired) electrons. The van der Waals surface area contributed by atoms with Gasteiger partial charge in [0.15, 0.2) is 0 Å². The highest BCUT2D eigenvalue weighted by Gasteiger charge is 2.16. The van der Waals surface area contributed by atoms with Gasteiger partial charge in [0.05, 0.1) is 22.1 Å². The average molecular weight is 408 g/mol. The molecule has 0 saturated heterocycles. The average Bonchev–Trinajstić information content (AvgIpc) is 3.08. The highest BCUT2D eigenvalue weighted by molar-refractivity contribution is 6.33. The fourth-order valence-corrected chi connectivity index (χ4v) is 3.48. The molecule has 2 heterocycles. The number of hydrogen-bond acceptors (Lipinski definition) is 2. The molecule has 0 aliphatic rings. The van der Waals surface area contributed by atoms with Crippen LogP contribution in [-0.2, 0) is 11.2 Å². The third-order valence-electron chi connectivity index (χ3n) is 4.75. The highest BCUT2D eigenvalue weighted by Crippen LogP contribution is 2.27. The van der Waals surface area contributed by atoms with E-state index in [1.54, 1.807) is 0 Å². The van der Waals surface area contributed by atoms with Crippen molar-refractivity contribution in [3.05, 3.63) is 89.0 Å². The molecule has 1 N–H and O–H groups in total. The lowest BCUT2D eigenvalue weighted by Gasteiger charge is -2.09. The predicted molar refractivity (Wildman–Crippen MR) is 114 cm³/mol. The summed E-state index contributed by atoms with van der Waals surface area (Å²) in [6.07, 6.45) is 2.69. The Morgan fingerprint density at radius 2 is 1.93 bits per heavy atom. The smallest absolute Gasteiger partial charge is 0.224 e. The van der Waals surface area contributed by atoms with Gasteiger partial charge in [0.1, 0.15) is 11.5 Å². The van der Waals surface area contributed by atoms with Crippen LogP contribution < -0.4 is 5.32 Å². The summed E-state index contributed by atoms with van der Waals surface area (Å²) in [5.74, 6) is -0.638. The number of carbonyl (C=O) groups excluding carboxylic acids is 1. The number of anilines is 1. The maximum absolute atomic E-state index is 13.2. The van der Waals surface area contributed by atoms with E-state index in [0.717, 1.165) is 22.6 Å². The molecule has 0 spiro atoms. The Labute approximate surface area is 173 Å². The van der Waals surface area contributed by atoms with E-state index in [4.69, 9.17) is 16.6 Å². The lowest BCUT2D eigenvalue weighted by atomic mass is 10.1. The summed E-state index contributed by atoms with van der Waals surface area (Å²) < 4.78 is 15.2. The maximum atomic E-state index is 13.2. The monoisotopic (exact) mass is 407 g/mol. The van der Waals surface area contributed by atoms with E-state index < -0.39 is 5.82 Å². The number of fused-ring (bicyclic) bond motifs is 1. The number of benzene rings is 2. The molecule has 4 nitrogen and oxygen atoms in total. The maximum Gasteiger partial charge on any atom is 0.224 e. The van der Waals surface area contributed by atoms with Gasteiger partial charge in [-0.15, -0.1) is 0 Å². The van der Waals surface area contributed by atoms with Gasteiger partial charge in [0, 0.05) is 18.2 Å². The van der Waals surface area contributed by atoms with Crippen LogP contribution in [0.25, 0.3) is 16.9 Å². The van der Waals surface area contributed by atoms with E-state index in [9.17, 15) is 9.18 Å². The number of aryl methyl sites for hydroxylation is 2. The Morgan fingerprint density at radius 3 is 2.69 bits per heavy atom. The Kier molecular flexibility index (Phi) is 5.32. The van der Waals surface area contributed by atoms with Gasteiger partial charge < -0.3 is 9.72 Å². The molecule has 4 aromatic rings. The zero-order chi connectivity index (χ0) is 20.4. The van der Waals surface area contributed by atoms with E-state index in [2.05, 4.69) is 5.32 Å². The number of nitrogens with zero attached hydrogens (tertiary/aromatic N) is 2. The molecule has 0 aliphatic heterocycles. The minimum atomic E-state index is -0.443. The van der Waals surface area contributed by atoms with Crippen LogP contribution >= 0.6 is 11.6 Å². The Morgan fingerprint density at radius 1 is 1.14 bits per heavy atom. The molecule has 0 aliphatic carbocycles. The number of aromatic nitrogens is 2. The molecule has 2 aromatic heterocycles. The third-order valence-corrected chi connectivity index (χ3v) is 5.06. The SMILES string of the molecule is Cc1ccc(-c2nc3ccccn3c2CCC(=O)Nc2ccc(F)cc2Cl)cc1. The third kappa shape index (κ3) is 4.15. The van der Waals surface area contributed by atoms with Crippen molar-refractivity contribution in [2.45, 2.75) is 19.8 Å². The number of amides is 1. The molecule has 2 aromatic carbocycles. The molecule has 0 fully saturated rings. The molecular formula is C23H19ClFN3O. The molecular weight excluding hydrogens is 389 g/mol. The van der Waals surface area contributed by atoms with E-state index in [1.807, 2.05) is 60.0 Å². The highest BCUT2D eigenvalue weighted by atomic mass is 35.5. The van der Waals surface area contributed by atoms with E-state index in [0.29, 0.717) is 12.1 Å². The van der Waals surface area contributed by atoms with Gasteiger partial charge in [-0.25, -0.2) is 9.37 Å². The molecule has 146 valence electrons. The number of rotatable bonds is 5. The van der Waals surface area contributed by atoms with Crippen LogP contribution in [0.4, 0.5) is 10.1 Å². The van der Waals surface area contributed by atoms with E-state index in [-0.39, 0.29) is 17.4 Å². The lowest BCUT2D eigenvalue weighted by molar-refractivity contribution is -0.116. The van der Waals surface area contributed by atoms with Crippen LogP contribution in [0.2, 0.25) is 5.02 Å². The summed E-state index contributed by atoms with van der Waals surface area (Å²) in [5.41, 5.74) is 5.24.